The number of guanidine groups is 1. The molecule has 1 heterocycles. The second-order valence-corrected chi connectivity index (χ2v) is 6.36. The van der Waals surface area contributed by atoms with E-state index < -0.39 is 0 Å². The summed E-state index contributed by atoms with van der Waals surface area (Å²) >= 11 is 1.82. The maximum absolute atomic E-state index is 4.27. The third kappa shape index (κ3) is 5.23. The van der Waals surface area contributed by atoms with Crippen molar-refractivity contribution < 1.29 is 0 Å². The van der Waals surface area contributed by atoms with Crippen molar-refractivity contribution in [2.24, 2.45) is 10.9 Å². The van der Waals surface area contributed by atoms with Gasteiger partial charge in [0, 0.05) is 30.9 Å². The molecule has 1 aromatic heterocycles. The highest BCUT2D eigenvalue weighted by Crippen LogP contribution is 2.33. The lowest BCUT2D eigenvalue weighted by molar-refractivity contribution is 0.639. The van der Waals surface area contributed by atoms with Crippen molar-refractivity contribution in [1.82, 2.24) is 10.6 Å². The van der Waals surface area contributed by atoms with Gasteiger partial charge in [0.1, 0.15) is 0 Å². The molecule has 0 saturated heterocycles. The van der Waals surface area contributed by atoms with E-state index in [1.807, 2.05) is 18.4 Å². The summed E-state index contributed by atoms with van der Waals surface area (Å²) in [5.41, 5.74) is 0. The van der Waals surface area contributed by atoms with Crippen LogP contribution in [-0.2, 0) is 0 Å². The van der Waals surface area contributed by atoms with Crippen LogP contribution in [0.2, 0.25) is 0 Å². The lowest BCUT2D eigenvalue weighted by Crippen LogP contribution is -2.39. The van der Waals surface area contributed by atoms with E-state index in [-0.39, 0.29) is 0 Å². The number of nitrogens with zero attached hydrogens (tertiary/aromatic N) is 1. The Balaban J connectivity index is 1.61. The van der Waals surface area contributed by atoms with Crippen molar-refractivity contribution in [1.29, 1.82) is 0 Å². The zero-order valence-electron chi connectivity index (χ0n) is 12.0. The molecule has 1 aliphatic rings. The van der Waals surface area contributed by atoms with Crippen molar-refractivity contribution in [3.05, 3.63) is 22.4 Å². The van der Waals surface area contributed by atoms with Crippen LogP contribution in [0.15, 0.2) is 22.5 Å². The van der Waals surface area contributed by atoms with E-state index in [1.54, 1.807) is 0 Å². The topological polar surface area (TPSA) is 36.4 Å². The fourth-order valence-electron chi connectivity index (χ4n) is 2.15. The summed E-state index contributed by atoms with van der Waals surface area (Å²) < 4.78 is 0. The fraction of sp³-hybridized carbons (Fsp3) is 0.667. The van der Waals surface area contributed by atoms with Crippen LogP contribution in [0, 0.1) is 5.92 Å². The Labute approximate surface area is 120 Å². The number of hydrogen-bond donors (Lipinski definition) is 2. The molecule has 2 rings (SSSR count). The molecule has 0 aromatic carbocycles. The molecular formula is C15H25N3S. The van der Waals surface area contributed by atoms with E-state index in [1.165, 1.54) is 30.6 Å². The van der Waals surface area contributed by atoms with E-state index in [0.717, 1.165) is 25.0 Å². The molecule has 1 unspecified atom stereocenters. The molecule has 0 amide bonds. The normalized spacial score (nSPS) is 17.3. The maximum atomic E-state index is 4.27. The Morgan fingerprint density at radius 3 is 2.95 bits per heavy atom. The largest absolute Gasteiger partial charge is 0.356 e. The molecule has 2 N–H and O–H groups in total. The Kier molecular flexibility index (Phi) is 5.70. The molecule has 1 saturated carbocycles. The quantitative estimate of drug-likeness (QED) is 0.457. The van der Waals surface area contributed by atoms with Gasteiger partial charge >= 0.3 is 0 Å². The summed E-state index contributed by atoms with van der Waals surface area (Å²) in [6, 6.07) is 4.31. The molecule has 0 bridgehead atoms. The van der Waals surface area contributed by atoms with Gasteiger partial charge in [0.25, 0.3) is 0 Å². The first-order chi connectivity index (χ1) is 9.29. The molecule has 0 aliphatic heterocycles. The number of rotatable bonds is 7. The molecule has 1 aromatic rings. The van der Waals surface area contributed by atoms with Crippen LogP contribution >= 0.6 is 11.3 Å². The number of thiophene rings is 1. The monoisotopic (exact) mass is 279 g/mol. The third-order valence-electron chi connectivity index (χ3n) is 3.61. The van der Waals surface area contributed by atoms with Gasteiger partial charge in [-0.2, -0.15) is 0 Å². The Hall–Kier alpha value is -1.03. The van der Waals surface area contributed by atoms with Crippen LogP contribution in [0.3, 0.4) is 0 Å². The molecule has 4 heteroatoms. The van der Waals surface area contributed by atoms with Crippen molar-refractivity contribution in [2.75, 3.05) is 20.1 Å². The zero-order valence-corrected chi connectivity index (χ0v) is 12.8. The van der Waals surface area contributed by atoms with Crippen LogP contribution < -0.4 is 10.6 Å². The van der Waals surface area contributed by atoms with Crippen molar-refractivity contribution in [3.8, 4) is 0 Å². The van der Waals surface area contributed by atoms with Crippen molar-refractivity contribution in [3.63, 3.8) is 0 Å². The van der Waals surface area contributed by atoms with Gasteiger partial charge in [0.15, 0.2) is 5.96 Å². The highest BCUT2D eigenvalue weighted by Gasteiger charge is 2.19. The molecule has 106 valence electrons. The highest BCUT2D eigenvalue weighted by molar-refractivity contribution is 7.10. The van der Waals surface area contributed by atoms with Gasteiger partial charge in [0.05, 0.1) is 0 Å². The number of aliphatic imine (C=N–C) groups is 1. The van der Waals surface area contributed by atoms with Gasteiger partial charge < -0.3 is 10.6 Å². The van der Waals surface area contributed by atoms with Gasteiger partial charge in [0.2, 0.25) is 0 Å². The second kappa shape index (κ2) is 7.53. The summed E-state index contributed by atoms with van der Waals surface area (Å²) in [4.78, 5) is 5.70. The molecular weight excluding hydrogens is 254 g/mol. The minimum Gasteiger partial charge on any atom is -0.356 e. The molecule has 1 atom stereocenters. The number of hydrogen-bond acceptors (Lipinski definition) is 2. The Morgan fingerprint density at radius 1 is 1.47 bits per heavy atom. The highest BCUT2D eigenvalue weighted by atomic mass is 32.1. The molecule has 3 nitrogen and oxygen atoms in total. The zero-order chi connectivity index (χ0) is 13.5. The minimum atomic E-state index is 0.532. The maximum Gasteiger partial charge on any atom is 0.190 e. The van der Waals surface area contributed by atoms with Gasteiger partial charge in [-0.1, -0.05) is 25.8 Å². The Morgan fingerprint density at radius 2 is 2.32 bits per heavy atom. The van der Waals surface area contributed by atoms with Crippen LogP contribution in [0.4, 0.5) is 0 Å². The van der Waals surface area contributed by atoms with E-state index >= 15 is 0 Å². The van der Waals surface area contributed by atoms with Crippen molar-refractivity contribution in [2.45, 2.75) is 38.5 Å². The van der Waals surface area contributed by atoms with Gasteiger partial charge in [-0.25, -0.2) is 0 Å². The SMILES string of the molecule is CN=C(NCCCC1CC1)NCC(C)c1cccs1. The van der Waals surface area contributed by atoms with Crippen molar-refractivity contribution >= 4 is 17.3 Å². The average molecular weight is 279 g/mol. The van der Waals surface area contributed by atoms with E-state index in [2.05, 4.69) is 40.1 Å². The molecule has 0 spiro atoms. The molecule has 0 radical (unpaired) electrons. The molecule has 1 aliphatic carbocycles. The third-order valence-corrected chi connectivity index (χ3v) is 4.71. The predicted molar refractivity (Wildman–Crippen MR) is 84.1 cm³/mol. The number of nitrogens with one attached hydrogen (secondary N) is 2. The minimum absolute atomic E-state index is 0.532. The van der Waals surface area contributed by atoms with Gasteiger partial charge in [-0.05, 0) is 30.2 Å². The first-order valence-electron chi connectivity index (χ1n) is 7.27. The second-order valence-electron chi connectivity index (χ2n) is 5.38. The summed E-state index contributed by atoms with van der Waals surface area (Å²) in [5, 5.41) is 8.94. The summed E-state index contributed by atoms with van der Waals surface area (Å²) in [5.74, 6) is 2.49. The van der Waals surface area contributed by atoms with E-state index in [4.69, 9.17) is 0 Å². The summed E-state index contributed by atoms with van der Waals surface area (Å²) in [6.07, 6.45) is 5.53. The summed E-state index contributed by atoms with van der Waals surface area (Å²) in [7, 11) is 1.84. The molecule has 19 heavy (non-hydrogen) atoms. The predicted octanol–water partition coefficient (Wildman–Crippen LogP) is 3.21. The standard InChI is InChI=1S/C15H25N3S/c1-12(14-6-4-10-19-14)11-18-15(16-2)17-9-3-5-13-7-8-13/h4,6,10,12-13H,3,5,7-9,11H2,1-2H3,(H2,16,17,18). The van der Waals surface area contributed by atoms with E-state index in [0.29, 0.717) is 5.92 Å². The van der Waals surface area contributed by atoms with Crippen LogP contribution in [0.25, 0.3) is 0 Å². The van der Waals surface area contributed by atoms with Crippen LogP contribution in [0.5, 0.6) is 0 Å². The molecule has 1 fully saturated rings. The first-order valence-corrected chi connectivity index (χ1v) is 8.15. The van der Waals surface area contributed by atoms with E-state index in [9.17, 15) is 0 Å². The van der Waals surface area contributed by atoms with Gasteiger partial charge in [-0.15, -0.1) is 11.3 Å². The van der Waals surface area contributed by atoms with Crippen LogP contribution in [-0.4, -0.2) is 26.1 Å². The summed E-state index contributed by atoms with van der Waals surface area (Å²) in [6.45, 7) is 4.21. The Bertz CT molecular complexity index is 382. The lowest BCUT2D eigenvalue weighted by Gasteiger charge is -2.15. The van der Waals surface area contributed by atoms with Gasteiger partial charge in [-0.3, -0.25) is 4.99 Å². The average Bonchev–Trinajstić information content (AvgIpc) is 3.08. The smallest absolute Gasteiger partial charge is 0.190 e. The van der Waals surface area contributed by atoms with Crippen LogP contribution in [0.1, 0.15) is 43.4 Å². The lowest BCUT2D eigenvalue weighted by atomic mass is 10.1. The fourth-order valence-corrected chi connectivity index (χ4v) is 2.93. The first kappa shape index (κ1) is 14.4.